The Morgan fingerprint density at radius 2 is 0.419 bits per heavy atom. The quantitative estimate of drug-likeness (QED) is 0.0661. The van der Waals surface area contributed by atoms with Gasteiger partial charge in [-0.15, -0.1) is 0 Å². The first-order valence-electron chi connectivity index (χ1n) is 29.4. The van der Waals surface area contributed by atoms with Gasteiger partial charge in [-0.2, -0.15) is 0 Å². The lowest BCUT2D eigenvalue weighted by molar-refractivity contribution is 0.590. The van der Waals surface area contributed by atoms with Crippen LogP contribution in [0.15, 0.2) is 370 Å². The first-order chi connectivity index (χ1) is 42.3. The Balaban J connectivity index is 0.000000164. The summed E-state index contributed by atoms with van der Waals surface area (Å²) in [5.41, 5.74) is 0. The van der Waals surface area contributed by atoms with E-state index in [9.17, 15) is 4.57 Å². The van der Waals surface area contributed by atoms with Crippen molar-refractivity contribution in [2.75, 3.05) is 6.66 Å². The number of fused-ring (bicyclic) bond motifs is 2. The highest BCUT2D eigenvalue weighted by atomic mass is 31.2. The summed E-state index contributed by atoms with van der Waals surface area (Å²) in [4.78, 5) is 0. The van der Waals surface area contributed by atoms with Crippen molar-refractivity contribution in [3.8, 4) is 0 Å². The van der Waals surface area contributed by atoms with Crippen LogP contribution in [0.2, 0.25) is 0 Å². The molecule has 1 aliphatic heterocycles. The van der Waals surface area contributed by atoms with Crippen molar-refractivity contribution in [2.45, 2.75) is 0 Å². The molecule has 0 radical (unpaired) electrons. The van der Waals surface area contributed by atoms with Crippen molar-refractivity contribution in [1.29, 1.82) is 0 Å². The molecular weight excluding hydrogens is 1130 g/mol. The van der Waals surface area contributed by atoms with Gasteiger partial charge in [0.2, 0.25) is 0 Å². The van der Waals surface area contributed by atoms with E-state index in [1.54, 1.807) is 0 Å². The van der Waals surface area contributed by atoms with Crippen LogP contribution in [-0.2, 0) is 9.13 Å². The number of hydrogen-bond acceptors (Lipinski definition) is 2. The van der Waals surface area contributed by atoms with E-state index < -0.39 is 38.5 Å². The lowest BCUT2D eigenvalue weighted by atomic mass is 10.3. The number of rotatable bonds is 13. The number of hydrogen-bond donors (Lipinski definition) is 0. The molecule has 0 fully saturated rings. The van der Waals surface area contributed by atoms with E-state index in [4.69, 9.17) is 0 Å². The molecule has 86 heavy (non-hydrogen) atoms. The van der Waals surface area contributed by atoms with Crippen LogP contribution < -0.4 is 88.8 Å². The molecule has 0 aromatic heterocycles. The highest BCUT2D eigenvalue weighted by molar-refractivity contribution is 7.85. The minimum Gasteiger partial charge on any atom is -0.314 e. The summed E-state index contributed by atoms with van der Waals surface area (Å²) >= 11 is 0. The molecule has 1 aliphatic rings. The molecule has 1 unspecified atom stereocenters. The van der Waals surface area contributed by atoms with Crippen LogP contribution in [0.5, 0.6) is 0 Å². The van der Waals surface area contributed by atoms with Crippen molar-refractivity contribution in [2.24, 2.45) is 0 Å². The van der Waals surface area contributed by atoms with Crippen LogP contribution >= 0.6 is 14.3 Å². The smallest absolute Gasteiger partial charge is 0.179 e. The summed E-state index contributed by atoms with van der Waals surface area (Å²) in [6.45, 7) is 1.85. The lowest BCUT2D eigenvalue weighted by Crippen LogP contribution is -2.93. The maximum Gasteiger partial charge on any atom is 0.179 e. The molecule has 0 amide bonds. The Hall–Kier alpha value is -9.03. The largest absolute Gasteiger partial charge is 0.314 e. The summed E-state index contributed by atoms with van der Waals surface area (Å²) in [5, 5.41) is 20.8. The van der Waals surface area contributed by atoms with Crippen LogP contribution in [0.1, 0.15) is 0 Å². The van der Waals surface area contributed by atoms with Crippen LogP contribution in [0.4, 0.5) is 0 Å². The van der Waals surface area contributed by atoms with Gasteiger partial charge in [0, 0.05) is 26.5 Å². The third-order valence-electron chi connectivity index (χ3n) is 17.7. The summed E-state index contributed by atoms with van der Waals surface area (Å²) in [6.07, 6.45) is 0. The van der Waals surface area contributed by atoms with E-state index in [1.807, 2.05) is 97.7 Å². The average molecular weight is 1190 g/mol. The molecule has 0 saturated heterocycles. The molecule has 13 aromatic rings. The van der Waals surface area contributed by atoms with E-state index in [-0.39, 0.29) is 0 Å². The predicted octanol–water partition coefficient (Wildman–Crippen LogP) is 8.40. The predicted molar refractivity (Wildman–Crippen MR) is 376 cm³/mol. The molecule has 0 bridgehead atoms. The normalized spacial score (nSPS) is 13.8. The zero-order valence-corrected chi connectivity index (χ0v) is 52.7. The first-order valence-corrected chi connectivity index (χ1v) is 39.3. The summed E-state index contributed by atoms with van der Waals surface area (Å²) in [6, 6.07) is 132. The minimum atomic E-state index is -3.13. The van der Waals surface area contributed by atoms with Crippen LogP contribution in [0.25, 0.3) is 0 Å². The van der Waals surface area contributed by atoms with Gasteiger partial charge in [0.1, 0.15) is 7.14 Å². The molecule has 13 aromatic carbocycles. The van der Waals surface area contributed by atoms with Crippen LogP contribution in [0.3, 0.4) is 0 Å². The van der Waals surface area contributed by atoms with E-state index in [2.05, 4.69) is 279 Å². The van der Waals surface area contributed by atoms with Crippen molar-refractivity contribution >= 4 is 127 Å². The molecule has 2 nitrogen and oxygen atoms in total. The second kappa shape index (κ2) is 24.1. The van der Waals surface area contributed by atoms with Gasteiger partial charge in [0.05, 0.1) is 0 Å². The fourth-order valence-electron chi connectivity index (χ4n) is 13.8. The second-order valence-corrected chi connectivity index (χ2v) is 39.1. The van der Waals surface area contributed by atoms with Gasteiger partial charge in [-0.1, -0.05) is 370 Å². The molecule has 0 saturated carbocycles. The number of benzene rings is 13. The standard InChI is InChI=1S/C43H36O2P2Si.C36H28Si2/c1-46(44,35-17-7-2-8-18-35)36-27-31-42(32-28-36)48(40-23-13-5-14-24-40,41-25-15-6-16-26-41)43-33-29-39(30-34-43)47(45,37-19-9-3-10-20-37)38-21-11-4-12-22-38;1-5-17-29(18-6-1)37(30-19-7-2-8-20-30)33-25-13-15-27-35(33)38(31-21-9-3-10-22-31,32-23-11-4-12-24-32)36-28-16-14-26-34(36)37/h2-34H,1H3;1-28H. The Kier molecular flexibility index (Phi) is 15.8. The molecule has 14 rings (SSSR count). The minimum absolute atomic E-state index is 0.804. The van der Waals surface area contributed by atoms with Gasteiger partial charge in [-0.25, -0.2) is 0 Å². The van der Waals surface area contributed by atoms with E-state index >= 15 is 4.57 Å². The maximum absolute atomic E-state index is 15.2. The highest BCUT2D eigenvalue weighted by Gasteiger charge is 2.56. The van der Waals surface area contributed by atoms with E-state index in [1.165, 1.54) is 62.2 Å². The average Bonchev–Trinajstić information content (AvgIpc) is 0.708. The second-order valence-electron chi connectivity index (χ2n) is 22.2. The third-order valence-corrected chi connectivity index (χ3v) is 38.4. The molecular formula is C79H64O2P2Si3. The zero-order valence-electron chi connectivity index (χ0n) is 47.9. The van der Waals surface area contributed by atoms with E-state index in [0.29, 0.717) is 0 Å². The van der Waals surface area contributed by atoms with Crippen molar-refractivity contribution in [1.82, 2.24) is 0 Å². The summed E-state index contributed by atoms with van der Waals surface area (Å²) < 4.78 is 29.4. The summed E-state index contributed by atoms with van der Waals surface area (Å²) in [7, 11) is -14.0. The van der Waals surface area contributed by atoms with Crippen LogP contribution in [0, 0.1) is 0 Å². The fraction of sp³-hybridized carbons (Fsp3) is 0.0127. The Morgan fingerprint density at radius 3 is 0.709 bits per heavy atom. The van der Waals surface area contributed by atoms with Gasteiger partial charge in [0.15, 0.2) is 31.4 Å². The molecule has 1 atom stereocenters. The summed E-state index contributed by atoms with van der Waals surface area (Å²) in [5.74, 6) is 0. The molecule has 0 N–H and O–H groups in total. The van der Waals surface area contributed by atoms with Gasteiger partial charge in [-0.3, -0.25) is 0 Å². The van der Waals surface area contributed by atoms with Gasteiger partial charge >= 0.3 is 0 Å². The Bertz CT molecular complexity index is 4150. The Labute approximate surface area is 509 Å². The highest BCUT2D eigenvalue weighted by Crippen LogP contribution is 2.42. The fourth-order valence-corrected chi connectivity index (χ4v) is 35.0. The van der Waals surface area contributed by atoms with Crippen molar-refractivity contribution in [3.63, 3.8) is 0 Å². The monoisotopic (exact) mass is 1190 g/mol. The SMILES string of the molecule is CP(=O)(c1ccccc1)c1ccc([Si](c2ccccc2)(c2ccccc2)c2ccc(P(=O)(c3ccccc3)c3ccccc3)cc2)cc1.c1ccc([Si]2(c3ccccc3)c3ccccc3[Si](c3ccccc3)(c3ccccc3)c3ccccc32)cc1. The molecule has 414 valence electrons. The lowest BCUT2D eigenvalue weighted by Gasteiger charge is -2.48. The topological polar surface area (TPSA) is 34.1 Å². The third kappa shape index (κ3) is 9.58. The van der Waals surface area contributed by atoms with E-state index in [0.717, 1.165) is 26.5 Å². The van der Waals surface area contributed by atoms with Crippen LogP contribution in [-0.4, -0.2) is 30.9 Å². The zero-order chi connectivity index (χ0) is 58.4. The Morgan fingerprint density at radius 1 is 0.221 bits per heavy atom. The van der Waals surface area contributed by atoms with Gasteiger partial charge in [0.25, 0.3) is 0 Å². The molecule has 1 heterocycles. The van der Waals surface area contributed by atoms with Gasteiger partial charge < -0.3 is 9.13 Å². The van der Waals surface area contributed by atoms with Gasteiger partial charge in [-0.05, 0) is 68.9 Å². The van der Waals surface area contributed by atoms with Crippen molar-refractivity contribution in [3.05, 3.63) is 370 Å². The maximum atomic E-state index is 15.2. The van der Waals surface area contributed by atoms with Crippen molar-refractivity contribution < 1.29 is 9.13 Å². The molecule has 7 heteroatoms. The molecule has 0 spiro atoms. The molecule has 0 aliphatic carbocycles. The first kappa shape index (κ1) is 56.1.